The van der Waals surface area contributed by atoms with E-state index in [1.165, 1.54) is 22.4 Å². The summed E-state index contributed by atoms with van der Waals surface area (Å²) in [7, 11) is 1.71. The van der Waals surface area contributed by atoms with Gasteiger partial charge >= 0.3 is 0 Å². The average Bonchev–Trinajstić information content (AvgIpc) is 3.34. The number of fused-ring (bicyclic) bond motifs is 1. The van der Waals surface area contributed by atoms with E-state index in [1.807, 2.05) is 0 Å². The summed E-state index contributed by atoms with van der Waals surface area (Å²) in [5.41, 5.74) is 8.01. The van der Waals surface area contributed by atoms with Gasteiger partial charge in [-0.2, -0.15) is 0 Å². The topological polar surface area (TPSA) is 28.9 Å². The quantitative estimate of drug-likeness (QED) is 0.207. The van der Waals surface area contributed by atoms with E-state index >= 15 is 0 Å². The Morgan fingerprint density at radius 2 is 1.12 bits per heavy atom. The summed E-state index contributed by atoms with van der Waals surface area (Å²) in [6, 6.07) is 50.7. The standard InChI is InChI=1S/C38H32N2O2/c1-41-33-24-22-28(23-25-33)36-35-34(37(29-14-6-2-7-15-29)42-38(35)30-16-8-3-9-17-30)26-39(31-18-10-4-11-19-31)27-40(36)32-20-12-5-13-21-32/h2-25,36H,26-27H2,1H3. The lowest BCUT2D eigenvalue weighted by Gasteiger charge is -2.36. The number of methoxy groups -OCH3 is 1. The number of anilines is 2. The molecule has 0 amide bonds. The summed E-state index contributed by atoms with van der Waals surface area (Å²) in [5.74, 6) is 2.66. The van der Waals surface area contributed by atoms with E-state index in [0.717, 1.165) is 34.1 Å². The van der Waals surface area contributed by atoms with Crippen LogP contribution in [-0.4, -0.2) is 13.8 Å². The Morgan fingerprint density at radius 3 is 1.69 bits per heavy atom. The van der Waals surface area contributed by atoms with E-state index in [0.29, 0.717) is 13.2 Å². The summed E-state index contributed by atoms with van der Waals surface area (Å²) in [6.07, 6.45) is 0. The number of hydrogen-bond acceptors (Lipinski definition) is 4. The number of ether oxygens (including phenoxy) is 1. The van der Waals surface area contributed by atoms with Gasteiger partial charge in [0.05, 0.1) is 19.8 Å². The lowest BCUT2D eigenvalue weighted by atomic mass is 9.90. The first-order valence-corrected chi connectivity index (χ1v) is 14.3. The number of rotatable bonds is 6. The highest BCUT2D eigenvalue weighted by molar-refractivity contribution is 5.77. The smallest absolute Gasteiger partial charge is 0.140 e. The highest BCUT2D eigenvalue weighted by Crippen LogP contribution is 2.48. The zero-order chi connectivity index (χ0) is 28.3. The van der Waals surface area contributed by atoms with Gasteiger partial charge < -0.3 is 19.0 Å². The second kappa shape index (κ2) is 11.3. The summed E-state index contributed by atoms with van der Waals surface area (Å²) in [6.45, 7) is 1.40. The van der Waals surface area contributed by atoms with E-state index in [1.54, 1.807) is 7.11 Å². The van der Waals surface area contributed by atoms with Gasteiger partial charge in [-0.05, 0) is 42.0 Å². The lowest BCUT2D eigenvalue weighted by molar-refractivity contribution is 0.414. The molecule has 1 unspecified atom stereocenters. The van der Waals surface area contributed by atoms with Gasteiger partial charge in [-0.25, -0.2) is 0 Å². The highest BCUT2D eigenvalue weighted by atomic mass is 16.5. The monoisotopic (exact) mass is 548 g/mol. The summed E-state index contributed by atoms with van der Waals surface area (Å²) in [4.78, 5) is 4.95. The molecule has 4 nitrogen and oxygen atoms in total. The van der Waals surface area contributed by atoms with Crippen LogP contribution in [0.15, 0.2) is 150 Å². The number of hydrogen-bond donors (Lipinski definition) is 0. The summed E-state index contributed by atoms with van der Waals surface area (Å²) < 4.78 is 12.5. The maximum Gasteiger partial charge on any atom is 0.140 e. The molecule has 0 saturated heterocycles. The number of nitrogens with zero attached hydrogens (tertiary/aromatic N) is 2. The second-order valence-electron chi connectivity index (χ2n) is 10.5. The number of benzene rings is 5. The Kier molecular flexibility index (Phi) is 6.95. The lowest BCUT2D eigenvalue weighted by Crippen LogP contribution is -2.38. The fourth-order valence-electron chi connectivity index (χ4n) is 6.01. The van der Waals surface area contributed by atoms with E-state index in [4.69, 9.17) is 9.15 Å². The first kappa shape index (κ1) is 25.7. The SMILES string of the molecule is COc1ccc(C2c3c(-c4ccccc4)oc(-c4ccccc4)c3CN(c3ccccc3)CN2c2ccccc2)cc1. The summed E-state index contributed by atoms with van der Waals surface area (Å²) >= 11 is 0. The molecule has 0 aliphatic carbocycles. The van der Waals surface area contributed by atoms with E-state index in [2.05, 4.69) is 155 Å². The average molecular weight is 549 g/mol. The predicted molar refractivity (Wildman–Crippen MR) is 171 cm³/mol. The molecular weight excluding hydrogens is 516 g/mol. The molecule has 0 bridgehead atoms. The maximum atomic E-state index is 6.98. The highest BCUT2D eigenvalue weighted by Gasteiger charge is 2.37. The van der Waals surface area contributed by atoms with Crippen molar-refractivity contribution in [2.45, 2.75) is 12.6 Å². The molecule has 1 aliphatic heterocycles. The van der Waals surface area contributed by atoms with Crippen LogP contribution in [0.5, 0.6) is 5.75 Å². The molecule has 1 aromatic heterocycles. The Balaban J connectivity index is 1.55. The minimum absolute atomic E-state index is 0.113. The van der Waals surface area contributed by atoms with Gasteiger partial charge in [0.1, 0.15) is 17.3 Å². The molecule has 4 heteroatoms. The van der Waals surface area contributed by atoms with Crippen molar-refractivity contribution in [2.24, 2.45) is 0 Å². The Hall–Kier alpha value is -5.22. The van der Waals surface area contributed by atoms with Gasteiger partial charge in [-0.1, -0.05) is 109 Å². The maximum absolute atomic E-state index is 6.98. The van der Waals surface area contributed by atoms with Gasteiger partial charge in [0.2, 0.25) is 0 Å². The first-order chi connectivity index (χ1) is 20.8. The molecule has 0 N–H and O–H groups in total. The molecule has 6 aromatic rings. The van der Waals surface area contributed by atoms with Crippen LogP contribution in [0, 0.1) is 0 Å². The molecule has 1 atom stereocenters. The minimum Gasteiger partial charge on any atom is -0.497 e. The van der Waals surface area contributed by atoms with Crippen LogP contribution in [0.4, 0.5) is 11.4 Å². The number of para-hydroxylation sites is 2. The van der Waals surface area contributed by atoms with Crippen molar-refractivity contribution in [1.29, 1.82) is 0 Å². The molecule has 7 rings (SSSR count). The molecule has 0 spiro atoms. The van der Waals surface area contributed by atoms with Crippen LogP contribution < -0.4 is 14.5 Å². The van der Waals surface area contributed by atoms with Crippen molar-refractivity contribution >= 4 is 11.4 Å². The third-order valence-electron chi connectivity index (χ3n) is 8.02. The van der Waals surface area contributed by atoms with Crippen LogP contribution in [0.1, 0.15) is 22.7 Å². The molecular formula is C38H32N2O2. The summed E-state index contributed by atoms with van der Waals surface area (Å²) in [5, 5.41) is 0. The van der Waals surface area contributed by atoms with Crippen LogP contribution >= 0.6 is 0 Å². The van der Waals surface area contributed by atoms with Crippen LogP contribution in [0.2, 0.25) is 0 Å². The van der Waals surface area contributed by atoms with Crippen molar-refractivity contribution in [3.05, 3.63) is 162 Å². The van der Waals surface area contributed by atoms with Crippen molar-refractivity contribution < 1.29 is 9.15 Å². The zero-order valence-corrected chi connectivity index (χ0v) is 23.6. The minimum atomic E-state index is -0.113. The fourth-order valence-corrected chi connectivity index (χ4v) is 6.01. The van der Waals surface area contributed by atoms with Gasteiger partial charge in [0.15, 0.2) is 0 Å². The third-order valence-corrected chi connectivity index (χ3v) is 8.02. The van der Waals surface area contributed by atoms with Crippen LogP contribution in [-0.2, 0) is 6.54 Å². The van der Waals surface area contributed by atoms with Crippen LogP contribution in [0.25, 0.3) is 22.6 Å². The van der Waals surface area contributed by atoms with Crippen molar-refractivity contribution in [1.82, 2.24) is 0 Å². The van der Waals surface area contributed by atoms with Gasteiger partial charge in [-0.15, -0.1) is 0 Å². The number of furan rings is 1. The normalized spacial score (nSPS) is 14.7. The van der Waals surface area contributed by atoms with Gasteiger partial charge in [0.25, 0.3) is 0 Å². The third kappa shape index (κ3) is 4.82. The van der Waals surface area contributed by atoms with Gasteiger partial charge in [0, 0.05) is 40.2 Å². The second-order valence-corrected chi connectivity index (χ2v) is 10.5. The molecule has 0 saturated carbocycles. The van der Waals surface area contributed by atoms with E-state index in [-0.39, 0.29) is 6.04 Å². The molecule has 0 fully saturated rings. The van der Waals surface area contributed by atoms with Crippen molar-refractivity contribution in [2.75, 3.05) is 23.6 Å². The largest absolute Gasteiger partial charge is 0.497 e. The Morgan fingerprint density at radius 1 is 0.595 bits per heavy atom. The Labute approximate surface area is 247 Å². The Bertz CT molecular complexity index is 1750. The van der Waals surface area contributed by atoms with Crippen molar-refractivity contribution in [3.63, 3.8) is 0 Å². The van der Waals surface area contributed by atoms with E-state index < -0.39 is 0 Å². The fraction of sp³-hybridized carbons (Fsp3) is 0.105. The molecule has 2 heterocycles. The molecule has 206 valence electrons. The molecule has 1 aliphatic rings. The van der Waals surface area contributed by atoms with Crippen LogP contribution in [0.3, 0.4) is 0 Å². The molecule has 0 radical (unpaired) electrons. The van der Waals surface area contributed by atoms with Gasteiger partial charge in [-0.3, -0.25) is 0 Å². The molecule has 42 heavy (non-hydrogen) atoms. The van der Waals surface area contributed by atoms with E-state index in [9.17, 15) is 0 Å². The molecule has 5 aromatic carbocycles. The zero-order valence-electron chi connectivity index (χ0n) is 23.6. The van der Waals surface area contributed by atoms with Crippen molar-refractivity contribution in [3.8, 4) is 28.4 Å². The predicted octanol–water partition coefficient (Wildman–Crippen LogP) is 9.20. The first-order valence-electron chi connectivity index (χ1n) is 14.3.